The van der Waals surface area contributed by atoms with Crippen LogP contribution in [0.1, 0.15) is 271 Å². The van der Waals surface area contributed by atoms with E-state index in [4.69, 9.17) is 19.7 Å². The summed E-state index contributed by atoms with van der Waals surface area (Å²) in [4.78, 5) is 42.2. The molecular formula is C56H104O10Sn. The van der Waals surface area contributed by atoms with Crippen molar-refractivity contribution >= 4 is 45.0 Å². The second kappa shape index (κ2) is 64.1. The molecule has 0 rings (SSSR count). The molecule has 67 heavy (non-hydrogen) atoms. The Labute approximate surface area is 422 Å². The van der Waals surface area contributed by atoms with E-state index in [1.807, 2.05) is 0 Å². The minimum Gasteiger partial charge on any atom is -0.545 e. The number of carbonyl (C=O) groups is 4. The van der Waals surface area contributed by atoms with Crippen LogP contribution >= 0.6 is 0 Å². The number of aliphatic hydroxyl groups is 2. The Morgan fingerprint density at radius 1 is 0.343 bits per heavy atom. The van der Waals surface area contributed by atoms with Crippen molar-refractivity contribution in [1.29, 1.82) is 0 Å². The molecule has 0 amide bonds. The second-order valence-electron chi connectivity index (χ2n) is 18.3. The van der Waals surface area contributed by atoms with Gasteiger partial charge in [0.2, 0.25) is 0 Å². The third-order valence-corrected chi connectivity index (χ3v) is 15.8. The monoisotopic (exact) mass is 1060 g/mol. The molecule has 0 heterocycles. The molecule has 0 aliphatic heterocycles. The van der Waals surface area contributed by atoms with Gasteiger partial charge in [0.25, 0.3) is 0 Å². The van der Waals surface area contributed by atoms with Crippen molar-refractivity contribution in [2.75, 3.05) is 26.4 Å². The molecule has 0 atom stereocenters. The smallest absolute Gasteiger partial charge is 0.545 e. The standard InChI is InChI=1S/2C16H28O5.2C12H25.Sn/c2*17-13-9-7-5-3-1-2-4-6-8-10-14-21-16(20)12-11-15(18)19;2*1-3-5-7-9-11-12-10-8-6-4-2;/h2*11-12,17H,1-10,13-14H2,(H,18,19);2*1,3-12H2,2H3;/q;;;;+2/p-2/b2*12-11-;;;. The summed E-state index contributed by atoms with van der Waals surface area (Å²) in [7, 11) is 0. The van der Waals surface area contributed by atoms with Gasteiger partial charge in [-0.25, -0.2) is 9.59 Å². The molecule has 0 spiro atoms. The molecule has 0 unspecified atom stereocenters. The van der Waals surface area contributed by atoms with Crippen LogP contribution < -0.4 is 10.2 Å². The second-order valence-corrected chi connectivity index (χ2v) is 22.6. The molecule has 0 aromatic rings. The van der Waals surface area contributed by atoms with E-state index in [1.165, 1.54) is 180 Å². The predicted molar refractivity (Wildman–Crippen MR) is 276 cm³/mol. The van der Waals surface area contributed by atoms with Gasteiger partial charge in [-0.1, -0.05) is 103 Å². The Balaban J connectivity index is -0.000000922. The molecule has 0 fully saturated rings. The van der Waals surface area contributed by atoms with Crippen LogP contribution in [-0.4, -0.2) is 81.7 Å². The number of ether oxygens (including phenoxy) is 2. The number of carboxylic acid groups (broad SMARTS) is 2. The number of esters is 2. The fourth-order valence-electron chi connectivity index (χ4n) is 7.57. The summed E-state index contributed by atoms with van der Waals surface area (Å²) in [6.07, 6.45) is 55.1. The number of aliphatic hydroxyl groups excluding tert-OH is 2. The first-order valence-corrected chi connectivity index (χ1v) is 31.8. The van der Waals surface area contributed by atoms with Crippen molar-refractivity contribution in [2.45, 2.75) is 280 Å². The minimum atomic E-state index is -1.40. The third-order valence-electron chi connectivity index (χ3n) is 11.7. The first kappa shape index (κ1) is 69.3. The summed E-state index contributed by atoms with van der Waals surface area (Å²) < 4.78 is 13.0. The number of carboxylic acids is 2. The molecule has 0 aromatic heterocycles. The molecule has 2 N–H and O–H groups in total. The summed E-state index contributed by atoms with van der Waals surface area (Å²) in [6, 6.07) is 0. The maximum atomic E-state index is 11.0. The van der Waals surface area contributed by atoms with Gasteiger partial charge in [0.05, 0.1) is 25.2 Å². The molecule has 0 saturated heterocycles. The Hall–Kier alpha value is -1.92. The number of carbonyl (C=O) groups excluding carboxylic acids is 4. The fraction of sp³-hybridized carbons (Fsp3) is 0.857. The summed E-state index contributed by atoms with van der Waals surface area (Å²) >= 11 is 0.0377. The van der Waals surface area contributed by atoms with Crippen molar-refractivity contribution < 1.29 is 49.1 Å². The molecule has 0 aliphatic rings. The topological polar surface area (TPSA) is 173 Å². The number of hydrogen-bond donors (Lipinski definition) is 2. The first-order chi connectivity index (χ1) is 32.7. The molecule has 0 radical (unpaired) electrons. The molecule has 10 nitrogen and oxygen atoms in total. The van der Waals surface area contributed by atoms with Gasteiger partial charge < -0.3 is 39.5 Å². The SMILES string of the molecule is CCCCCCCCCCC[CH2][Sn+2][CH2]CCCCCCCCCCC.O=C([O-])/C=C\C(=O)OCCCCCCCCCCCCO.O=C([O-])/C=C\C(=O)OCCCCCCCCCCCCO. The van der Waals surface area contributed by atoms with Crippen molar-refractivity contribution in [3.8, 4) is 0 Å². The van der Waals surface area contributed by atoms with E-state index in [2.05, 4.69) is 13.8 Å². The summed E-state index contributed by atoms with van der Waals surface area (Å²) in [5, 5.41) is 37.4. The predicted octanol–water partition coefficient (Wildman–Crippen LogP) is 12.8. The van der Waals surface area contributed by atoms with E-state index >= 15 is 0 Å². The number of aliphatic carboxylic acids is 2. The Kier molecular flexibility index (Phi) is 66.3. The van der Waals surface area contributed by atoms with Gasteiger partial charge in [0.1, 0.15) is 0 Å². The van der Waals surface area contributed by atoms with Crippen LogP contribution in [0.5, 0.6) is 0 Å². The first-order valence-electron chi connectivity index (χ1n) is 27.8. The minimum absolute atomic E-state index is 0.0377. The van der Waals surface area contributed by atoms with Crippen LogP contribution in [0.4, 0.5) is 0 Å². The van der Waals surface area contributed by atoms with Crippen LogP contribution in [0.3, 0.4) is 0 Å². The van der Waals surface area contributed by atoms with E-state index in [9.17, 15) is 29.4 Å². The molecule has 11 heteroatoms. The van der Waals surface area contributed by atoms with E-state index in [1.54, 1.807) is 21.7 Å². The Bertz CT molecular complexity index is 1000. The van der Waals surface area contributed by atoms with Crippen LogP contribution in [-0.2, 0) is 28.7 Å². The zero-order valence-electron chi connectivity index (χ0n) is 43.5. The maximum absolute atomic E-state index is 11.0. The van der Waals surface area contributed by atoms with Crippen LogP contribution in [0.25, 0.3) is 0 Å². The fourth-order valence-corrected chi connectivity index (χ4v) is 11.1. The molecule has 0 aliphatic carbocycles. The molecule has 0 saturated carbocycles. The Morgan fingerprint density at radius 2 is 0.567 bits per heavy atom. The van der Waals surface area contributed by atoms with Crippen molar-refractivity contribution in [3.63, 3.8) is 0 Å². The molecule has 0 bridgehead atoms. The van der Waals surface area contributed by atoms with E-state index < -0.39 is 23.9 Å². The average molecular weight is 1060 g/mol. The van der Waals surface area contributed by atoms with Crippen molar-refractivity contribution in [3.05, 3.63) is 24.3 Å². The quantitative estimate of drug-likeness (QED) is 0.0258. The number of rotatable bonds is 50. The van der Waals surface area contributed by atoms with Gasteiger partial charge >= 0.3 is 184 Å². The van der Waals surface area contributed by atoms with Crippen molar-refractivity contribution in [1.82, 2.24) is 0 Å². The number of hydrogen-bond acceptors (Lipinski definition) is 10. The summed E-state index contributed by atoms with van der Waals surface area (Å²) in [5.74, 6) is -4.07. The van der Waals surface area contributed by atoms with Gasteiger partial charge in [0, 0.05) is 25.4 Å². The van der Waals surface area contributed by atoms with E-state index in [0.717, 1.165) is 76.4 Å². The van der Waals surface area contributed by atoms with Crippen LogP contribution in [0.2, 0.25) is 8.87 Å². The van der Waals surface area contributed by atoms with Gasteiger partial charge in [-0.2, -0.15) is 0 Å². The van der Waals surface area contributed by atoms with Crippen LogP contribution in [0.15, 0.2) is 24.3 Å². The summed E-state index contributed by atoms with van der Waals surface area (Å²) in [5.41, 5.74) is 0. The molecule has 392 valence electrons. The molecular weight excluding hydrogens is 951 g/mol. The van der Waals surface area contributed by atoms with Gasteiger partial charge in [-0.15, -0.1) is 0 Å². The zero-order chi connectivity index (χ0) is 49.8. The number of unbranched alkanes of at least 4 members (excludes halogenated alkanes) is 36. The van der Waals surface area contributed by atoms with E-state index in [-0.39, 0.29) is 21.1 Å². The van der Waals surface area contributed by atoms with E-state index in [0.29, 0.717) is 38.6 Å². The van der Waals surface area contributed by atoms with Crippen molar-refractivity contribution in [2.24, 2.45) is 0 Å². The summed E-state index contributed by atoms with van der Waals surface area (Å²) in [6.45, 7) is 5.87. The Morgan fingerprint density at radius 3 is 0.806 bits per heavy atom. The van der Waals surface area contributed by atoms with Crippen LogP contribution in [0, 0.1) is 0 Å². The third kappa shape index (κ3) is 73.2. The average Bonchev–Trinajstić information content (AvgIpc) is 3.31. The zero-order valence-corrected chi connectivity index (χ0v) is 46.4. The normalized spacial score (nSPS) is 10.9. The van der Waals surface area contributed by atoms with Gasteiger partial charge in [-0.05, 0) is 37.8 Å². The van der Waals surface area contributed by atoms with Gasteiger partial charge in [-0.3, -0.25) is 0 Å². The molecule has 0 aromatic carbocycles. The van der Waals surface area contributed by atoms with Gasteiger partial charge in [0.15, 0.2) is 0 Å².